The fourth-order valence-corrected chi connectivity index (χ4v) is 1.72. The normalized spacial score (nSPS) is 10.3. The highest BCUT2D eigenvalue weighted by atomic mass is 79.9. The van der Waals surface area contributed by atoms with E-state index >= 15 is 0 Å². The number of nitrogen functional groups attached to an aromatic ring is 1. The summed E-state index contributed by atoms with van der Waals surface area (Å²) in [4.78, 5) is 7.84. The molecule has 0 amide bonds. The molecule has 6 heteroatoms. The molecule has 2 aromatic rings. The van der Waals surface area contributed by atoms with Crippen molar-refractivity contribution in [3.63, 3.8) is 0 Å². The molecule has 4 nitrogen and oxygen atoms in total. The maximum absolute atomic E-state index is 5.99. The SMILES string of the molecule is Cc1cc(Nc2ncnc(N)c2Cl)ccc1Br. The summed E-state index contributed by atoms with van der Waals surface area (Å²) >= 11 is 9.43. The number of benzene rings is 1. The first-order valence-electron chi connectivity index (χ1n) is 4.87. The van der Waals surface area contributed by atoms with Gasteiger partial charge in [-0.05, 0) is 30.7 Å². The minimum Gasteiger partial charge on any atom is -0.382 e. The van der Waals surface area contributed by atoms with Crippen LogP contribution in [0.1, 0.15) is 5.56 Å². The highest BCUT2D eigenvalue weighted by Crippen LogP contribution is 2.28. The third-order valence-corrected chi connectivity index (χ3v) is 3.50. The van der Waals surface area contributed by atoms with Gasteiger partial charge in [0.2, 0.25) is 0 Å². The lowest BCUT2D eigenvalue weighted by molar-refractivity contribution is 1.17. The molecule has 88 valence electrons. The Labute approximate surface area is 112 Å². The van der Waals surface area contributed by atoms with Crippen LogP contribution in [-0.4, -0.2) is 9.97 Å². The van der Waals surface area contributed by atoms with E-state index in [-0.39, 0.29) is 5.82 Å². The van der Waals surface area contributed by atoms with Crippen LogP contribution in [0.15, 0.2) is 29.0 Å². The Morgan fingerprint density at radius 2 is 2.12 bits per heavy atom. The van der Waals surface area contributed by atoms with Crippen LogP contribution in [-0.2, 0) is 0 Å². The molecule has 3 N–H and O–H groups in total. The molecule has 0 bridgehead atoms. The van der Waals surface area contributed by atoms with E-state index < -0.39 is 0 Å². The van der Waals surface area contributed by atoms with E-state index in [2.05, 4.69) is 31.2 Å². The monoisotopic (exact) mass is 312 g/mol. The summed E-state index contributed by atoms with van der Waals surface area (Å²) in [7, 11) is 0. The zero-order valence-corrected chi connectivity index (χ0v) is 11.4. The molecule has 0 aliphatic carbocycles. The molecule has 2 rings (SSSR count). The first-order chi connectivity index (χ1) is 8.08. The van der Waals surface area contributed by atoms with Crippen LogP contribution in [0, 0.1) is 6.92 Å². The fraction of sp³-hybridized carbons (Fsp3) is 0.0909. The number of hydrogen-bond acceptors (Lipinski definition) is 4. The molecular formula is C11H10BrClN4. The van der Waals surface area contributed by atoms with Crippen LogP contribution >= 0.6 is 27.5 Å². The maximum atomic E-state index is 5.99. The number of aromatic nitrogens is 2. The van der Waals surface area contributed by atoms with Gasteiger partial charge in [0.05, 0.1) is 0 Å². The Morgan fingerprint density at radius 1 is 1.35 bits per heavy atom. The maximum Gasteiger partial charge on any atom is 0.154 e. The second-order valence-corrected chi connectivity index (χ2v) is 4.74. The third kappa shape index (κ3) is 2.68. The zero-order chi connectivity index (χ0) is 12.4. The topological polar surface area (TPSA) is 63.8 Å². The molecule has 0 aliphatic heterocycles. The second-order valence-electron chi connectivity index (χ2n) is 3.51. The molecule has 0 saturated heterocycles. The Balaban J connectivity index is 2.31. The van der Waals surface area contributed by atoms with Gasteiger partial charge in [-0.2, -0.15) is 0 Å². The van der Waals surface area contributed by atoms with E-state index in [1.54, 1.807) is 0 Å². The second kappa shape index (κ2) is 4.89. The molecule has 0 atom stereocenters. The number of aryl methyl sites for hydroxylation is 1. The summed E-state index contributed by atoms with van der Waals surface area (Å²) in [5.74, 6) is 0.763. The van der Waals surface area contributed by atoms with Gasteiger partial charge in [-0.3, -0.25) is 0 Å². The van der Waals surface area contributed by atoms with Gasteiger partial charge in [0, 0.05) is 10.2 Å². The van der Waals surface area contributed by atoms with E-state index in [1.165, 1.54) is 6.33 Å². The van der Waals surface area contributed by atoms with Crippen LogP contribution < -0.4 is 11.1 Å². The first kappa shape index (κ1) is 12.1. The predicted molar refractivity (Wildman–Crippen MR) is 73.6 cm³/mol. The fourth-order valence-electron chi connectivity index (χ4n) is 1.33. The van der Waals surface area contributed by atoms with E-state index in [4.69, 9.17) is 17.3 Å². The van der Waals surface area contributed by atoms with E-state index in [9.17, 15) is 0 Å². The van der Waals surface area contributed by atoms with E-state index in [0.29, 0.717) is 10.8 Å². The molecule has 1 aromatic carbocycles. The van der Waals surface area contributed by atoms with Crippen molar-refractivity contribution in [2.75, 3.05) is 11.1 Å². The Hall–Kier alpha value is -1.33. The average molecular weight is 314 g/mol. The smallest absolute Gasteiger partial charge is 0.154 e. The van der Waals surface area contributed by atoms with Crippen molar-refractivity contribution in [3.05, 3.63) is 39.6 Å². The standard InChI is InChI=1S/C11H10BrClN4/c1-6-4-7(2-3-8(6)12)17-11-9(13)10(14)15-5-16-11/h2-5H,1H3,(H3,14,15,16,17). The van der Waals surface area contributed by atoms with Gasteiger partial charge in [0.15, 0.2) is 5.82 Å². The Kier molecular flexibility index (Phi) is 3.49. The summed E-state index contributed by atoms with van der Waals surface area (Å²) in [5.41, 5.74) is 7.61. The van der Waals surface area contributed by atoms with Crippen molar-refractivity contribution in [3.8, 4) is 0 Å². The predicted octanol–water partition coefficient (Wildman–Crippen LogP) is 3.53. The van der Waals surface area contributed by atoms with Crippen molar-refractivity contribution in [1.29, 1.82) is 0 Å². The van der Waals surface area contributed by atoms with Crippen LogP contribution in [0.5, 0.6) is 0 Å². The lowest BCUT2D eigenvalue weighted by atomic mass is 10.2. The molecule has 0 radical (unpaired) electrons. The lowest BCUT2D eigenvalue weighted by Gasteiger charge is -2.09. The van der Waals surface area contributed by atoms with Crippen molar-refractivity contribution < 1.29 is 0 Å². The molecule has 0 spiro atoms. The molecule has 0 saturated carbocycles. The summed E-state index contributed by atoms with van der Waals surface area (Å²) in [5, 5.41) is 3.42. The largest absolute Gasteiger partial charge is 0.382 e. The highest BCUT2D eigenvalue weighted by molar-refractivity contribution is 9.10. The molecule has 17 heavy (non-hydrogen) atoms. The van der Waals surface area contributed by atoms with Gasteiger partial charge in [-0.25, -0.2) is 9.97 Å². The summed E-state index contributed by atoms with van der Waals surface area (Å²) in [6.07, 6.45) is 1.37. The first-order valence-corrected chi connectivity index (χ1v) is 6.04. The summed E-state index contributed by atoms with van der Waals surface area (Å²) in [6, 6.07) is 5.86. The quantitative estimate of drug-likeness (QED) is 0.890. The van der Waals surface area contributed by atoms with Gasteiger partial charge in [0.25, 0.3) is 0 Å². The number of halogens is 2. The molecule has 1 heterocycles. The van der Waals surface area contributed by atoms with Crippen molar-refractivity contribution >= 4 is 44.9 Å². The van der Waals surface area contributed by atoms with Gasteiger partial charge < -0.3 is 11.1 Å². The number of nitrogens with zero attached hydrogens (tertiary/aromatic N) is 2. The summed E-state index contributed by atoms with van der Waals surface area (Å²) in [6.45, 7) is 2.01. The van der Waals surface area contributed by atoms with Crippen LogP contribution in [0.25, 0.3) is 0 Å². The van der Waals surface area contributed by atoms with Crippen LogP contribution in [0.4, 0.5) is 17.3 Å². The van der Waals surface area contributed by atoms with Crippen molar-refractivity contribution in [1.82, 2.24) is 9.97 Å². The minimum absolute atomic E-state index is 0.262. The summed E-state index contributed by atoms with van der Waals surface area (Å²) < 4.78 is 1.05. The lowest BCUT2D eigenvalue weighted by Crippen LogP contribution is -1.99. The highest BCUT2D eigenvalue weighted by Gasteiger charge is 2.06. The van der Waals surface area contributed by atoms with Crippen LogP contribution in [0.2, 0.25) is 5.02 Å². The Bertz CT molecular complexity index is 559. The van der Waals surface area contributed by atoms with Gasteiger partial charge >= 0.3 is 0 Å². The number of rotatable bonds is 2. The van der Waals surface area contributed by atoms with Crippen molar-refractivity contribution in [2.24, 2.45) is 0 Å². The van der Waals surface area contributed by atoms with Gasteiger partial charge in [-0.15, -0.1) is 0 Å². The number of nitrogens with one attached hydrogen (secondary N) is 1. The van der Waals surface area contributed by atoms with E-state index in [1.807, 2.05) is 25.1 Å². The molecular weight excluding hydrogens is 304 g/mol. The molecule has 0 aliphatic rings. The molecule has 0 unspecified atom stereocenters. The zero-order valence-electron chi connectivity index (χ0n) is 9.04. The number of hydrogen-bond donors (Lipinski definition) is 2. The van der Waals surface area contributed by atoms with Crippen molar-refractivity contribution in [2.45, 2.75) is 6.92 Å². The van der Waals surface area contributed by atoms with Crippen LogP contribution in [0.3, 0.4) is 0 Å². The van der Waals surface area contributed by atoms with E-state index in [0.717, 1.165) is 15.7 Å². The third-order valence-electron chi connectivity index (χ3n) is 2.24. The Morgan fingerprint density at radius 3 is 2.82 bits per heavy atom. The number of anilines is 3. The minimum atomic E-state index is 0.262. The van der Waals surface area contributed by atoms with Gasteiger partial charge in [-0.1, -0.05) is 27.5 Å². The molecule has 1 aromatic heterocycles. The molecule has 0 fully saturated rings. The average Bonchev–Trinajstić information content (AvgIpc) is 2.30. The van der Waals surface area contributed by atoms with Gasteiger partial charge in [0.1, 0.15) is 17.2 Å². The number of nitrogens with two attached hydrogens (primary N) is 1.